The quantitative estimate of drug-likeness (QED) is 0.0325. The second kappa shape index (κ2) is 48.5. The number of hydrogen-bond donors (Lipinski definition) is 2. The predicted octanol–water partition coefficient (Wildman–Crippen LogP) is 11.5. The lowest BCUT2D eigenvalue weighted by molar-refractivity contribution is -0.135. The van der Waals surface area contributed by atoms with Gasteiger partial charge < -0.3 is 106 Å². The maximum absolute atomic E-state index is 13.5. The minimum atomic E-state index is -1.02. The molecule has 0 bridgehead atoms. The number of amides is 4. The van der Waals surface area contributed by atoms with Gasteiger partial charge in [0, 0.05) is 204 Å². The van der Waals surface area contributed by atoms with E-state index in [2.05, 4.69) is 10.6 Å². The third kappa shape index (κ3) is 32.5. The lowest BCUT2D eigenvalue weighted by atomic mass is 9.90. The second-order valence-corrected chi connectivity index (χ2v) is 30.1. The molecule has 8 aromatic carbocycles. The van der Waals surface area contributed by atoms with Gasteiger partial charge in [-0.15, -0.1) is 0 Å². The molecular formula is C96H96N4O37. The summed E-state index contributed by atoms with van der Waals surface area (Å²) in [6.45, 7) is 22.1. The molecular weight excluding hydrogens is 1800 g/mol. The van der Waals surface area contributed by atoms with Gasteiger partial charge in [-0.1, -0.05) is 30.3 Å². The van der Waals surface area contributed by atoms with Crippen molar-refractivity contribution >= 4 is 119 Å². The molecule has 0 aliphatic carbocycles. The van der Waals surface area contributed by atoms with Crippen LogP contribution in [0, 0.1) is 0 Å². The number of carbonyl (C=O) groups is 19. The minimum absolute atomic E-state index is 0.0101. The summed E-state index contributed by atoms with van der Waals surface area (Å²) >= 11 is 0. The average Bonchev–Trinajstić information content (AvgIpc) is 0.760. The molecule has 2 N–H and O–H groups in total. The molecule has 0 saturated carbocycles. The molecule has 0 unspecified atom stereocenters. The highest BCUT2D eigenvalue weighted by atomic mass is 16.6. The number of esters is 16. The number of nitrogens with zero attached hydrogens (tertiary/aromatic N) is 2. The Morgan fingerprint density at radius 2 is 0.547 bits per heavy atom. The molecule has 10 rings (SSSR count). The first-order valence-corrected chi connectivity index (χ1v) is 41.6. The molecule has 41 nitrogen and oxygen atoms in total. The zero-order valence-corrected chi connectivity index (χ0v) is 77.5. The van der Waals surface area contributed by atoms with E-state index in [4.69, 9.17) is 85.3 Å². The SMILES string of the molecule is CC(=O)Oc1cc(OC(C)=O)c2c(c1)O[C@H](c1ccc(OC(C)=O)c(OC(C)=O)c1)[C@H](N(CCc1ccc(OC(C)=O)c(OC(C)=O)c1)C(C)=O)C2.CC(=O)Oc1cc(OC(C)=O)c2c(c1)O[C@H](c1ccc(OC(C)=O)c(OC(C)=O)c1)[C@H](N(Cc1ccc(OC(C)=O)c(OC(C)=O)c1)C(C)=O)C2.CC(=O)Oc1ccc(CCNC(=O)Nc2ccc(OC(C)=O)c(OC(C)=O)c2)cc1OC(C)=O. The summed E-state index contributed by atoms with van der Waals surface area (Å²) in [5.74, 6) is -10.6. The summed E-state index contributed by atoms with van der Waals surface area (Å²) in [5, 5.41) is 5.24. The van der Waals surface area contributed by atoms with Crippen LogP contribution in [0.4, 0.5) is 10.5 Å². The first-order chi connectivity index (χ1) is 64.5. The summed E-state index contributed by atoms with van der Waals surface area (Å²) in [6.07, 6.45) is -1.28. The number of urea groups is 1. The molecule has 0 spiro atoms. The number of carbonyl (C=O) groups excluding carboxylic acids is 19. The van der Waals surface area contributed by atoms with Gasteiger partial charge >= 0.3 is 102 Å². The summed E-state index contributed by atoms with van der Waals surface area (Å²) < 4.78 is 96.7. The molecule has 0 radical (unpaired) electrons. The smallest absolute Gasteiger partial charge is 0.319 e. The van der Waals surface area contributed by atoms with Gasteiger partial charge in [0.1, 0.15) is 46.7 Å². The first kappa shape index (κ1) is 105. The third-order valence-electron chi connectivity index (χ3n) is 18.5. The van der Waals surface area contributed by atoms with Gasteiger partial charge in [0.05, 0.1) is 12.1 Å². The van der Waals surface area contributed by atoms with Crippen LogP contribution in [0.25, 0.3) is 0 Å². The number of rotatable bonds is 29. The molecule has 137 heavy (non-hydrogen) atoms. The van der Waals surface area contributed by atoms with E-state index in [1.165, 1.54) is 227 Å². The maximum atomic E-state index is 13.5. The normalized spacial score (nSPS) is 13.4. The Balaban J connectivity index is 0.000000258. The molecule has 8 aromatic rings. The highest BCUT2D eigenvalue weighted by Crippen LogP contribution is 2.49. The van der Waals surface area contributed by atoms with Crippen molar-refractivity contribution < 1.29 is 176 Å². The molecule has 2 heterocycles. The number of ether oxygens (including phenoxy) is 18. The number of fused-ring (bicyclic) bond motifs is 2. The molecule has 0 aromatic heterocycles. The van der Waals surface area contributed by atoms with Crippen LogP contribution in [0.3, 0.4) is 0 Å². The van der Waals surface area contributed by atoms with E-state index in [-0.39, 0.29) is 148 Å². The second-order valence-electron chi connectivity index (χ2n) is 30.1. The summed E-state index contributed by atoms with van der Waals surface area (Å²) in [6, 6.07) is 30.3. The average molecular weight is 1900 g/mol. The number of benzene rings is 8. The number of hydrogen-bond acceptors (Lipinski definition) is 37. The monoisotopic (exact) mass is 1900 g/mol. The van der Waals surface area contributed by atoms with Crippen molar-refractivity contribution in [3.63, 3.8) is 0 Å². The predicted molar refractivity (Wildman–Crippen MR) is 472 cm³/mol. The summed E-state index contributed by atoms with van der Waals surface area (Å²) in [4.78, 5) is 230. The van der Waals surface area contributed by atoms with Crippen LogP contribution in [0.2, 0.25) is 0 Å². The van der Waals surface area contributed by atoms with Gasteiger partial charge in [-0.2, -0.15) is 0 Å². The van der Waals surface area contributed by atoms with E-state index in [1.807, 2.05) is 0 Å². The maximum Gasteiger partial charge on any atom is 0.319 e. The van der Waals surface area contributed by atoms with Gasteiger partial charge in [-0.05, 0) is 113 Å². The van der Waals surface area contributed by atoms with E-state index >= 15 is 0 Å². The lowest BCUT2D eigenvalue weighted by Gasteiger charge is -2.41. The Morgan fingerprint density at radius 1 is 0.277 bits per heavy atom. The topological polar surface area (TPSA) is 521 Å². The van der Waals surface area contributed by atoms with Crippen LogP contribution in [-0.2, 0) is 119 Å². The van der Waals surface area contributed by atoms with Crippen molar-refractivity contribution in [2.24, 2.45) is 0 Å². The molecule has 4 atom stereocenters. The van der Waals surface area contributed by atoms with Gasteiger partial charge in [0.2, 0.25) is 11.8 Å². The van der Waals surface area contributed by atoms with Crippen LogP contribution in [0.15, 0.2) is 133 Å². The van der Waals surface area contributed by atoms with Crippen molar-refractivity contribution in [2.75, 3.05) is 18.4 Å². The molecule has 0 fully saturated rings. The third-order valence-corrected chi connectivity index (χ3v) is 18.5. The fraction of sp³-hybridized carbons (Fsp3) is 0.302. The Morgan fingerprint density at radius 3 is 0.876 bits per heavy atom. The largest absolute Gasteiger partial charge is 0.483 e. The highest BCUT2D eigenvalue weighted by Gasteiger charge is 2.42. The van der Waals surface area contributed by atoms with E-state index in [0.29, 0.717) is 45.5 Å². The Bertz CT molecular complexity index is 6090. The van der Waals surface area contributed by atoms with Crippen molar-refractivity contribution in [2.45, 2.75) is 181 Å². The Labute approximate surface area is 782 Å². The van der Waals surface area contributed by atoms with Gasteiger partial charge in [0.25, 0.3) is 0 Å². The van der Waals surface area contributed by atoms with Gasteiger partial charge in [0.15, 0.2) is 69.0 Å². The fourth-order valence-corrected chi connectivity index (χ4v) is 13.8. The van der Waals surface area contributed by atoms with Crippen LogP contribution in [0.5, 0.6) is 103 Å². The van der Waals surface area contributed by atoms with Crippen molar-refractivity contribution in [1.29, 1.82) is 0 Å². The lowest BCUT2D eigenvalue weighted by Crippen LogP contribution is -2.48. The Hall–Kier alpha value is -16.9. The van der Waals surface area contributed by atoms with E-state index < -0.39 is 132 Å². The van der Waals surface area contributed by atoms with Crippen LogP contribution in [0.1, 0.15) is 176 Å². The van der Waals surface area contributed by atoms with Crippen molar-refractivity contribution in [3.05, 3.63) is 172 Å². The van der Waals surface area contributed by atoms with Gasteiger partial charge in [-0.3, -0.25) is 86.3 Å². The Kier molecular flexibility index (Phi) is 37.3. The number of anilines is 1. The summed E-state index contributed by atoms with van der Waals surface area (Å²) in [5.41, 5.74) is 3.67. The zero-order chi connectivity index (χ0) is 101. The fourth-order valence-electron chi connectivity index (χ4n) is 13.8. The van der Waals surface area contributed by atoms with Crippen LogP contribution in [-0.4, -0.2) is 148 Å². The van der Waals surface area contributed by atoms with Crippen LogP contribution >= 0.6 is 0 Å². The standard InChI is InChI=1S/C37H37NO14.C36H35NO14.C23H24N2O9/c1-19(39)38(13-12-26-8-10-31(47-21(3)41)35(14-26)50-24(6)44)30-18-29-33(49-23(5)43)16-28(46-20(2)40)17-34(29)52-37(30)27-9-11-32(48-22(4)42)36(15-27)51-25(7)45;1-18(38)37(17-25-8-10-30(46-20(3)40)34(12-25)49-23(6)43)29-16-28-32(48-22(5)42)14-27(45-19(2)39)15-33(28)51-36(29)26-9-11-31(47-21(4)41)35(13-26)50-24(7)44;1-13(26)31-19-7-5-17(11-21(19)33-15(3)28)9-10-24-23(30)25-18-6-8-20(32-14(2)27)22(12-18)34-16(4)29/h8-11,14-17,30,37H,12-13,18H2,1-7H3;8-15,29,36H,16-17H2,1-7H3;5-8,11-12H,9-10H2,1-4H3,(H2,24,25,30)/t30-,37-;29-,36-;/m11./s1. The molecule has 41 heteroatoms. The molecule has 4 amide bonds. The molecule has 2 aliphatic rings. The minimum Gasteiger partial charge on any atom is -0.483 e. The van der Waals surface area contributed by atoms with Crippen LogP contribution < -0.4 is 95.9 Å². The summed E-state index contributed by atoms with van der Waals surface area (Å²) in [7, 11) is 0. The zero-order valence-electron chi connectivity index (χ0n) is 77.5. The molecule has 722 valence electrons. The van der Waals surface area contributed by atoms with Crippen molar-refractivity contribution in [3.8, 4) is 103 Å². The van der Waals surface area contributed by atoms with E-state index in [9.17, 15) is 91.1 Å². The first-order valence-electron chi connectivity index (χ1n) is 41.6. The van der Waals surface area contributed by atoms with E-state index in [1.54, 1.807) is 41.3 Å². The van der Waals surface area contributed by atoms with E-state index in [0.717, 1.165) is 5.56 Å². The van der Waals surface area contributed by atoms with Crippen molar-refractivity contribution in [1.82, 2.24) is 15.1 Å². The number of nitrogens with one attached hydrogen (secondary N) is 2. The molecule has 2 aliphatic heterocycles. The highest BCUT2D eigenvalue weighted by molar-refractivity contribution is 5.90. The molecule has 0 saturated heterocycles. The van der Waals surface area contributed by atoms with Gasteiger partial charge in [-0.25, -0.2) is 4.79 Å².